The van der Waals surface area contributed by atoms with Gasteiger partial charge >= 0.3 is 5.69 Å². The molecule has 162 valence electrons. The number of primary amides is 1. The van der Waals surface area contributed by atoms with E-state index in [1.165, 1.54) is 23.8 Å². The lowest BCUT2D eigenvalue weighted by atomic mass is 10.2. The molecule has 0 saturated heterocycles. The molecule has 0 saturated carbocycles. The van der Waals surface area contributed by atoms with Crippen LogP contribution in [0.15, 0.2) is 33.9 Å². The first-order valence-electron chi connectivity index (χ1n) is 9.24. The Labute approximate surface area is 172 Å². The van der Waals surface area contributed by atoms with Gasteiger partial charge in [0.05, 0.1) is 6.61 Å². The van der Waals surface area contributed by atoms with Gasteiger partial charge in [-0.3, -0.25) is 28.8 Å². The minimum absolute atomic E-state index is 0.0115. The van der Waals surface area contributed by atoms with Crippen molar-refractivity contribution in [2.45, 2.75) is 19.9 Å². The van der Waals surface area contributed by atoms with E-state index in [1.54, 1.807) is 12.1 Å². The van der Waals surface area contributed by atoms with Gasteiger partial charge in [-0.2, -0.15) is 0 Å². The van der Waals surface area contributed by atoms with E-state index in [9.17, 15) is 19.2 Å². The fourth-order valence-electron chi connectivity index (χ4n) is 2.79. The van der Waals surface area contributed by atoms with Crippen molar-refractivity contribution in [1.29, 1.82) is 0 Å². The van der Waals surface area contributed by atoms with Crippen molar-refractivity contribution < 1.29 is 19.1 Å². The number of hydrogen-bond acceptors (Lipinski definition) is 7. The molecule has 5 N–H and O–H groups in total. The Morgan fingerprint density at radius 1 is 1.27 bits per heavy atom. The zero-order valence-electron chi connectivity index (χ0n) is 16.8. The highest BCUT2D eigenvalue weighted by molar-refractivity contribution is 5.96. The van der Waals surface area contributed by atoms with E-state index in [-0.39, 0.29) is 42.5 Å². The molecular weight excluding hydrogens is 394 g/mol. The second-order valence-electron chi connectivity index (χ2n) is 6.36. The number of H-pyrrole nitrogens is 1. The lowest BCUT2D eigenvalue weighted by Gasteiger charge is -2.24. The highest BCUT2D eigenvalue weighted by atomic mass is 16.5. The third-order valence-electron chi connectivity index (χ3n) is 4.23. The van der Waals surface area contributed by atoms with Crippen LogP contribution >= 0.6 is 0 Å². The van der Waals surface area contributed by atoms with Crippen LogP contribution in [0.25, 0.3) is 0 Å². The minimum atomic E-state index is -0.787. The number of carbonyl (C=O) groups excluding carboxylic acids is 2. The van der Waals surface area contributed by atoms with E-state index in [4.69, 9.17) is 20.9 Å². The quantitative estimate of drug-likeness (QED) is 0.475. The molecule has 11 heteroatoms. The molecule has 1 aromatic heterocycles. The van der Waals surface area contributed by atoms with Crippen LogP contribution in [-0.2, 0) is 16.1 Å². The van der Waals surface area contributed by atoms with Gasteiger partial charge in [-0.25, -0.2) is 4.79 Å². The van der Waals surface area contributed by atoms with Crippen LogP contribution in [-0.4, -0.2) is 48.2 Å². The molecule has 2 rings (SSSR count). The van der Waals surface area contributed by atoms with E-state index in [0.29, 0.717) is 6.42 Å². The Morgan fingerprint density at radius 2 is 2.00 bits per heavy atom. The van der Waals surface area contributed by atoms with Crippen LogP contribution < -0.4 is 32.4 Å². The number of nitrogens with two attached hydrogens (primary N) is 2. The number of nitrogens with zero attached hydrogens (tertiary/aromatic N) is 2. The molecule has 11 nitrogen and oxygen atoms in total. The molecule has 1 heterocycles. The summed E-state index contributed by atoms with van der Waals surface area (Å²) in [5.41, 5.74) is 9.93. The van der Waals surface area contributed by atoms with Gasteiger partial charge in [0.2, 0.25) is 5.91 Å². The highest BCUT2D eigenvalue weighted by Crippen LogP contribution is 2.18. The van der Waals surface area contributed by atoms with Crippen LogP contribution in [0, 0.1) is 0 Å². The number of carbonyl (C=O) groups is 2. The second kappa shape index (κ2) is 10.3. The zero-order valence-corrected chi connectivity index (χ0v) is 16.8. The number of aromatic amines is 1. The Bertz CT molecular complexity index is 1030. The van der Waals surface area contributed by atoms with Crippen molar-refractivity contribution in [2.24, 2.45) is 5.73 Å². The summed E-state index contributed by atoms with van der Waals surface area (Å²) in [6.07, 6.45) is 0.598. The van der Waals surface area contributed by atoms with Gasteiger partial charge in [-0.05, 0) is 24.6 Å². The SMILES string of the molecule is CCCn1c(N)c(N(CCOC)C(=O)COc2cccc(C(N)=O)c2)c(=O)[nH]c1=O. The Kier molecular flexibility index (Phi) is 7.76. The summed E-state index contributed by atoms with van der Waals surface area (Å²) in [6.45, 7) is 1.81. The van der Waals surface area contributed by atoms with E-state index in [1.807, 2.05) is 6.92 Å². The Morgan fingerprint density at radius 3 is 2.63 bits per heavy atom. The first kappa shape index (κ1) is 22.7. The van der Waals surface area contributed by atoms with Crippen molar-refractivity contribution >= 4 is 23.3 Å². The molecule has 0 atom stereocenters. The third kappa shape index (κ3) is 5.26. The summed E-state index contributed by atoms with van der Waals surface area (Å²) in [5, 5.41) is 0. The summed E-state index contributed by atoms with van der Waals surface area (Å²) < 4.78 is 11.7. The van der Waals surface area contributed by atoms with Gasteiger partial charge in [0.1, 0.15) is 11.6 Å². The lowest BCUT2D eigenvalue weighted by molar-refractivity contribution is -0.120. The van der Waals surface area contributed by atoms with Gasteiger partial charge in [0.25, 0.3) is 11.5 Å². The number of hydrogen-bond donors (Lipinski definition) is 3. The van der Waals surface area contributed by atoms with Crippen LogP contribution in [0.5, 0.6) is 5.75 Å². The third-order valence-corrected chi connectivity index (χ3v) is 4.23. The fourth-order valence-corrected chi connectivity index (χ4v) is 2.79. The average molecular weight is 419 g/mol. The number of rotatable bonds is 10. The number of benzene rings is 1. The normalized spacial score (nSPS) is 10.6. The van der Waals surface area contributed by atoms with Crippen molar-refractivity contribution in [1.82, 2.24) is 9.55 Å². The predicted octanol–water partition coefficient (Wildman–Crippen LogP) is -0.314. The number of methoxy groups -OCH3 is 1. The maximum atomic E-state index is 12.9. The lowest BCUT2D eigenvalue weighted by Crippen LogP contribution is -2.44. The summed E-state index contributed by atoms with van der Waals surface area (Å²) in [5.74, 6) is -1.09. The summed E-state index contributed by atoms with van der Waals surface area (Å²) in [7, 11) is 1.44. The van der Waals surface area contributed by atoms with Crippen LogP contribution in [0.4, 0.5) is 11.5 Å². The predicted molar refractivity (Wildman–Crippen MR) is 111 cm³/mol. The average Bonchev–Trinajstić information content (AvgIpc) is 2.71. The number of amides is 2. The molecule has 0 unspecified atom stereocenters. The monoisotopic (exact) mass is 419 g/mol. The Hall–Kier alpha value is -3.60. The minimum Gasteiger partial charge on any atom is -0.484 e. The first-order chi connectivity index (χ1) is 14.3. The van der Waals surface area contributed by atoms with Crippen LogP contribution in [0.3, 0.4) is 0 Å². The molecule has 2 amide bonds. The molecule has 1 aromatic carbocycles. The molecule has 30 heavy (non-hydrogen) atoms. The number of aromatic nitrogens is 2. The van der Waals surface area contributed by atoms with E-state index in [0.717, 1.165) is 4.90 Å². The maximum absolute atomic E-state index is 12.9. The molecule has 0 aliphatic carbocycles. The van der Waals surface area contributed by atoms with Gasteiger partial charge in [-0.15, -0.1) is 0 Å². The molecule has 0 bridgehead atoms. The summed E-state index contributed by atoms with van der Waals surface area (Å²) >= 11 is 0. The van der Waals surface area contributed by atoms with Crippen LogP contribution in [0.1, 0.15) is 23.7 Å². The van der Waals surface area contributed by atoms with Gasteiger partial charge in [0.15, 0.2) is 12.3 Å². The zero-order chi connectivity index (χ0) is 22.3. The highest BCUT2D eigenvalue weighted by Gasteiger charge is 2.24. The molecule has 0 aliphatic heterocycles. The van der Waals surface area contributed by atoms with Crippen molar-refractivity contribution in [3.05, 3.63) is 50.7 Å². The number of nitrogens with one attached hydrogen (secondary N) is 1. The largest absolute Gasteiger partial charge is 0.484 e. The van der Waals surface area contributed by atoms with Crippen molar-refractivity contribution in [3.63, 3.8) is 0 Å². The van der Waals surface area contributed by atoms with Crippen LogP contribution in [0.2, 0.25) is 0 Å². The van der Waals surface area contributed by atoms with E-state index < -0.39 is 29.7 Å². The van der Waals surface area contributed by atoms with Gasteiger partial charge in [-0.1, -0.05) is 13.0 Å². The smallest absolute Gasteiger partial charge is 0.330 e. The molecular formula is C19H25N5O6. The second-order valence-corrected chi connectivity index (χ2v) is 6.36. The topological polar surface area (TPSA) is 163 Å². The molecule has 2 aromatic rings. The van der Waals surface area contributed by atoms with Crippen molar-refractivity contribution in [3.8, 4) is 5.75 Å². The Balaban J connectivity index is 2.34. The van der Waals surface area contributed by atoms with Gasteiger partial charge in [0, 0.05) is 25.8 Å². The molecule has 0 fully saturated rings. The fraction of sp³-hybridized carbons (Fsp3) is 0.368. The van der Waals surface area contributed by atoms with E-state index in [2.05, 4.69) is 4.98 Å². The summed E-state index contributed by atoms with van der Waals surface area (Å²) in [6, 6.07) is 6.03. The molecule has 0 aliphatic rings. The number of nitrogen functional groups attached to an aromatic ring is 1. The number of ether oxygens (including phenoxy) is 2. The molecule has 0 spiro atoms. The first-order valence-corrected chi connectivity index (χ1v) is 9.24. The standard InChI is InChI=1S/C19H25N5O6/c1-3-7-24-16(20)15(18(27)22-19(24)28)23(8-9-29-2)14(25)11-30-13-6-4-5-12(10-13)17(21)26/h4-6,10H,3,7-9,11,20H2,1-2H3,(H2,21,26)(H,22,27,28). The summed E-state index contributed by atoms with van der Waals surface area (Å²) in [4.78, 5) is 51.9. The van der Waals surface area contributed by atoms with E-state index >= 15 is 0 Å². The number of anilines is 2. The molecule has 0 radical (unpaired) electrons. The maximum Gasteiger partial charge on any atom is 0.330 e. The van der Waals surface area contributed by atoms with Crippen molar-refractivity contribution in [2.75, 3.05) is 37.5 Å². The van der Waals surface area contributed by atoms with Gasteiger partial charge < -0.3 is 20.9 Å².